The molecule has 0 radical (unpaired) electrons. The number of ether oxygens (including phenoxy) is 1. The molecule has 2 N–H and O–H groups in total. The fourth-order valence-corrected chi connectivity index (χ4v) is 2.67. The molecule has 2 rings (SSSR count). The van der Waals surface area contributed by atoms with Crippen molar-refractivity contribution in [2.75, 3.05) is 27.7 Å². The zero-order valence-electron chi connectivity index (χ0n) is 17.5. The highest BCUT2D eigenvalue weighted by Gasteiger charge is 2.10. The van der Waals surface area contributed by atoms with Gasteiger partial charge in [-0.05, 0) is 31.5 Å². The van der Waals surface area contributed by atoms with E-state index >= 15 is 0 Å². The second-order valence-corrected chi connectivity index (χ2v) is 6.78. The van der Waals surface area contributed by atoms with Gasteiger partial charge in [-0.3, -0.25) is 14.5 Å². The van der Waals surface area contributed by atoms with E-state index in [4.69, 9.17) is 4.74 Å². The smallest absolute Gasteiger partial charge is 0.259 e. The van der Waals surface area contributed by atoms with Crippen molar-refractivity contribution in [3.8, 4) is 5.75 Å². The summed E-state index contributed by atoms with van der Waals surface area (Å²) < 4.78 is 7.45. The molecule has 0 aliphatic rings. The molecule has 8 heteroatoms. The number of amides is 1. The van der Waals surface area contributed by atoms with E-state index in [9.17, 15) is 4.79 Å². The minimum Gasteiger partial charge on any atom is -0.484 e. The molecular weight excluding hydrogens is 356 g/mol. The lowest BCUT2D eigenvalue weighted by molar-refractivity contribution is -0.130. The standard InChI is InChI=1S/C20H30N6O2/c1-14-18(15(2)26(6)24-14)12-23-20(21-3)22-11-16-8-7-9-17(10-16)28-13-19(27)25(4)5/h7-10H,11-13H2,1-6H3,(H2,21,22,23). The molecule has 1 heterocycles. The van der Waals surface area contributed by atoms with Gasteiger partial charge in [0.15, 0.2) is 12.6 Å². The monoisotopic (exact) mass is 386 g/mol. The van der Waals surface area contributed by atoms with Gasteiger partial charge in [-0.25, -0.2) is 0 Å². The van der Waals surface area contributed by atoms with Crippen molar-refractivity contribution in [3.05, 3.63) is 46.8 Å². The summed E-state index contributed by atoms with van der Waals surface area (Å²) in [5, 5.41) is 11.0. The SMILES string of the molecule is CN=C(NCc1cccc(OCC(=O)N(C)C)c1)NCc1c(C)nn(C)c1C. The fraction of sp³-hybridized carbons (Fsp3) is 0.450. The number of guanidine groups is 1. The van der Waals surface area contributed by atoms with Crippen LogP contribution in [0.5, 0.6) is 5.75 Å². The van der Waals surface area contributed by atoms with Crippen LogP contribution in [0.1, 0.15) is 22.5 Å². The minimum absolute atomic E-state index is 0.0247. The third kappa shape index (κ3) is 5.73. The molecule has 0 aliphatic heterocycles. The molecule has 1 aromatic carbocycles. The van der Waals surface area contributed by atoms with Crippen molar-refractivity contribution in [2.45, 2.75) is 26.9 Å². The van der Waals surface area contributed by atoms with Gasteiger partial charge < -0.3 is 20.3 Å². The first kappa shape index (κ1) is 21.3. The average molecular weight is 387 g/mol. The summed E-state index contributed by atoms with van der Waals surface area (Å²) in [5.41, 5.74) is 4.36. The first-order chi connectivity index (χ1) is 13.3. The van der Waals surface area contributed by atoms with Crippen LogP contribution in [0.2, 0.25) is 0 Å². The highest BCUT2D eigenvalue weighted by atomic mass is 16.5. The number of aliphatic imine (C=N–C) groups is 1. The molecule has 8 nitrogen and oxygen atoms in total. The number of hydrogen-bond acceptors (Lipinski definition) is 4. The maximum absolute atomic E-state index is 11.7. The number of benzene rings is 1. The molecule has 28 heavy (non-hydrogen) atoms. The number of hydrogen-bond donors (Lipinski definition) is 2. The van der Waals surface area contributed by atoms with Gasteiger partial charge in [-0.2, -0.15) is 5.10 Å². The van der Waals surface area contributed by atoms with Crippen molar-refractivity contribution in [1.82, 2.24) is 25.3 Å². The van der Waals surface area contributed by atoms with E-state index < -0.39 is 0 Å². The van der Waals surface area contributed by atoms with Crippen LogP contribution in [0.4, 0.5) is 0 Å². The number of rotatable bonds is 7. The third-order valence-electron chi connectivity index (χ3n) is 4.53. The van der Waals surface area contributed by atoms with Crippen LogP contribution in [0.25, 0.3) is 0 Å². The van der Waals surface area contributed by atoms with Gasteiger partial charge in [-0.1, -0.05) is 12.1 Å². The second-order valence-electron chi connectivity index (χ2n) is 6.78. The number of carbonyl (C=O) groups excluding carboxylic acids is 1. The lowest BCUT2D eigenvalue weighted by atomic mass is 10.2. The van der Waals surface area contributed by atoms with Crippen molar-refractivity contribution < 1.29 is 9.53 Å². The Morgan fingerprint density at radius 1 is 1.25 bits per heavy atom. The number of likely N-dealkylation sites (N-methyl/N-ethyl adjacent to an activating group) is 1. The summed E-state index contributed by atoms with van der Waals surface area (Å²) >= 11 is 0. The number of nitrogens with zero attached hydrogens (tertiary/aromatic N) is 4. The topological polar surface area (TPSA) is 83.8 Å². The van der Waals surface area contributed by atoms with Gasteiger partial charge in [0.2, 0.25) is 0 Å². The van der Waals surface area contributed by atoms with E-state index in [1.54, 1.807) is 21.1 Å². The lowest BCUT2D eigenvalue weighted by Crippen LogP contribution is -2.36. The van der Waals surface area contributed by atoms with Gasteiger partial charge in [-0.15, -0.1) is 0 Å². The quantitative estimate of drug-likeness (QED) is 0.555. The number of aryl methyl sites for hydroxylation is 2. The largest absolute Gasteiger partial charge is 0.484 e. The lowest BCUT2D eigenvalue weighted by Gasteiger charge is -2.14. The van der Waals surface area contributed by atoms with E-state index in [-0.39, 0.29) is 12.5 Å². The molecule has 0 bridgehead atoms. The maximum Gasteiger partial charge on any atom is 0.259 e. The Hall–Kier alpha value is -3.03. The summed E-state index contributed by atoms with van der Waals surface area (Å²) in [6, 6.07) is 7.66. The van der Waals surface area contributed by atoms with Crippen molar-refractivity contribution in [1.29, 1.82) is 0 Å². The Morgan fingerprint density at radius 2 is 1.96 bits per heavy atom. The zero-order chi connectivity index (χ0) is 20.7. The molecular formula is C20H30N6O2. The van der Waals surface area contributed by atoms with Crippen molar-refractivity contribution >= 4 is 11.9 Å². The zero-order valence-corrected chi connectivity index (χ0v) is 17.5. The second kappa shape index (κ2) is 9.77. The molecule has 1 aromatic heterocycles. The van der Waals surface area contributed by atoms with Crippen LogP contribution in [0.15, 0.2) is 29.3 Å². The van der Waals surface area contributed by atoms with E-state index in [0.29, 0.717) is 24.8 Å². The summed E-state index contributed by atoms with van der Waals surface area (Å²) in [4.78, 5) is 17.4. The molecule has 0 unspecified atom stereocenters. The van der Waals surface area contributed by atoms with Gasteiger partial charge in [0.25, 0.3) is 5.91 Å². The molecule has 1 amide bonds. The molecule has 152 valence electrons. The van der Waals surface area contributed by atoms with Crippen LogP contribution >= 0.6 is 0 Å². The summed E-state index contributed by atoms with van der Waals surface area (Å²) in [6.07, 6.45) is 0. The highest BCUT2D eigenvalue weighted by Crippen LogP contribution is 2.14. The van der Waals surface area contributed by atoms with Gasteiger partial charge in [0.05, 0.1) is 5.69 Å². The summed E-state index contributed by atoms with van der Waals surface area (Å²) in [6.45, 7) is 5.33. The Bertz CT molecular complexity index is 841. The van der Waals surface area contributed by atoms with E-state index in [1.807, 2.05) is 42.9 Å². The highest BCUT2D eigenvalue weighted by molar-refractivity contribution is 5.79. The van der Waals surface area contributed by atoms with Gasteiger partial charge in [0, 0.05) is 52.5 Å². The van der Waals surface area contributed by atoms with Gasteiger partial charge in [0.1, 0.15) is 5.75 Å². The normalized spacial score (nSPS) is 11.3. The molecule has 0 saturated heterocycles. The molecule has 0 aliphatic carbocycles. The van der Waals surface area contributed by atoms with Crippen molar-refractivity contribution in [3.63, 3.8) is 0 Å². The average Bonchev–Trinajstić information content (AvgIpc) is 2.92. The molecule has 0 saturated carbocycles. The predicted molar refractivity (Wildman–Crippen MR) is 110 cm³/mol. The molecule has 0 fully saturated rings. The Balaban J connectivity index is 1.89. The molecule has 0 spiro atoms. The van der Waals surface area contributed by atoms with Gasteiger partial charge >= 0.3 is 0 Å². The van der Waals surface area contributed by atoms with E-state index in [2.05, 4.69) is 27.6 Å². The van der Waals surface area contributed by atoms with Crippen LogP contribution in [0, 0.1) is 13.8 Å². The van der Waals surface area contributed by atoms with E-state index in [0.717, 1.165) is 17.0 Å². The summed E-state index contributed by atoms with van der Waals surface area (Å²) in [5.74, 6) is 1.30. The van der Waals surface area contributed by atoms with Crippen LogP contribution in [-0.2, 0) is 24.9 Å². The Kier molecular flexibility index (Phi) is 7.43. The fourth-order valence-electron chi connectivity index (χ4n) is 2.67. The summed E-state index contributed by atoms with van der Waals surface area (Å²) in [7, 11) is 7.10. The van der Waals surface area contributed by atoms with Crippen LogP contribution in [-0.4, -0.2) is 54.3 Å². The molecule has 0 atom stereocenters. The first-order valence-electron chi connectivity index (χ1n) is 9.17. The van der Waals surface area contributed by atoms with Crippen LogP contribution in [0.3, 0.4) is 0 Å². The molecule has 2 aromatic rings. The predicted octanol–water partition coefficient (Wildman–Crippen LogP) is 1.37. The first-order valence-corrected chi connectivity index (χ1v) is 9.17. The maximum atomic E-state index is 11.7. The minimum atomic E-state index is -0.0749. The Labute approximate surface area is 166 Å². The van der Waals surface area contributed by atoms with Crippen molar-refractivity contribution in [2.24, 2.45) is 12.0 Å². The third-order valence-corrected chi connectivity index (χ3v) is 4.53. The Morgan fingerprint density at radius 3 is 2.57 bits per heavy atom. The van der Waals surface area contributed by atoms with Crippen LogP contribution < -0.4 is 15.4 Å². The number of nitrogens with one attached hydrogen (secondary N) is 2. The number of carbonyl (C=O) groups is 1. The number of aromatic nitrogens is 2. The van der Waals surface area contributed by atoms with E-state index in [1.165, 1.54) is 10.5 Å².